The van der Waals surface area contributed by atoms with Crippen LogP contribution < -0.4 is 16.0 Å². The van der Waals surface area contributed by atoms with Crippen LogP contribution in [0.15, 0.2) is 0 Å². The van der Waals surface area contributed by atoms with E-state index in [1.165, 1.54) is 6.92 Å². The second kappa shape index (κ2) is 6.32. The SMILES string of the molecule is CC(NC(=O)NCC(=O)NC1CCCC1)(C(=O)O)C1CC1. The molecule has 0 aromatic carbocycles. The van der Waals surface area contributed by atoms with Crippen molar-refractivity contribution in [3.05, 3.63) is 0 Å². The maximum Gasteiger partial charge on any atom is 0.329 e. The lowest BCUT2D eigenvalue weighted by molar-refractivity contribution is -0.144. The van der Waals surface area contributed by atoms with Crippen LogP contribution in [0.5, 0.6) is 0 Å². The Labute approximate surface area is 123 Å². The molecule has 0 heterocycles. The minimum absolute atomic E-state index is 0.0342. The van der Waals surface area contributed by atoms with Crippen molar-refractivity contribution >= 4 is 17.9 Å². The molecule has 3 amide bonds. The van der Waals surface area contributed by atoms with Crippen LogP contribution in [-0.4, -0.2) is 41.1 Å². The molecule has 7 heteroatoms. The van der Waals surface area contributed by atoms with Gasteiger partial charge in [-0.05, 0) is 38.5 Å². The highest BCUT2D eigenvalue weighted by Crippen LogP contribution is 2.39. The average Bonchev–Trinajstić information content (AvgIpc) is 3.16. The van der Waals surface area contributed by atoms with Crippen molar-refractivity contribution in [3.63, 3.8) is 0 Å². The fourth-order valence-electron chi connectivity index (χ4n) is 2.78. The fourth-order valence-corrected chi connectivity index (χ4v) is 2.78. The summed E-state index contributed by atoms with van der Waals surface area (Å²) < 4.78 is 0. The molecule has 21 heavy (non-hydrogen) atoms. The normalized spacial score (nSPS) is 21.4. The van der Waals surface area contributed by atoms with Crippen molar-refractivity contribution in [2.24, 2.45) is 5.92 Å². The largest absolute Gasteiger partial charge is 0.480 e. The number of nitrogens with one attached hydrogen (secondary N) is 3. The second-order valence-corrected chi connectivity index (χ2v) is 6.14. The summed E-state index contributed by atoms with van der Waals surface area (Å²) in [6, 6.07) is -0.411. The van der Waals surface area contributed by atoms with E-state index >= 15 is 0 Å². The fraction of sp³-hybridized carbons (Fsp3) is 0.786. The smallest absolute Gasteiger partial charge is 0.329 e. The number of aliphatic carboxylic acids is 1. The van der Waals surface area contributed by atoms with E-state index in [4.69, 9.17) is 0 Å². The molecule has 2 fully saturated rings. The van der Waals surface area contributed by atoms with Gasteiger partial charge in [0.25, 0.3) is 0 Å². The van der Waals surface area contributed by atoms with Crippen LogP contribution in [0.1, 0.15) is 45.4 Å². The molecule has 0 aromatic heterocycles. The molecule has 0 aliphatic heterocycles. The van der Waals surface area contributed by atoms with Crippen LogP contribution >= 0.6 is 0 Å². The van der Waals surface area contributed by atoms with Gasteiger partial charge in [0, 0.05) is 6.04 Å². The number of carboxylic acids is 1. The quantitative estimate of drug-likeness (QED) is 0.575. The lowest BCUT2D eigenvalue weighted by Crippen LogP contribution is -2.57. The molecule has 2 rings (SSSR count). The van der Waals surface area contributed by atoms with E-state index in [9.17, 15) is 19.5 Å². The van der Waals surface area contributed by atoms with Gasteiger partial charge >= 0.3 is 12.0 Å². The molecule has 2 aliphatic rings. The topological polar surface area (TPSA) is 108 Å². The average molecular weight is 297 g/mol. The molecule has 118 valence electrons. The summed E-state index contributed by atoms with van der Waals surface area (Å²) in [4.78, 5) is 34.7. The van der Waals surface area contributed by atoms with Crippen molar-refractivity contribution in [1.82, 2.24) is 16.0 Å². The lowest BCUT2D eigenvalue weighted by Gasteiger charge is -2.26. The highest BCUT2D eigenvalue weighted by atomic mass is 16.4. The molecular weight excluding hydrogens is 274 g/mol. The zero-order valence-electron chi connectivity index (χ0n) is 12.3. The first-order chi connectivity index (χ1) is 9.91. The predicted octanol–water partition coefficient (Wildman–Crippen LogP) is 0.598. The molecule has 0 radical (unpaired) electrons. The molecule has 0 bridgehead atoms. The zero-order chi connectivity index (χ0) is 15.5. The maximum absolute atomic E-state index is 11.8. The summed E-state index contributed by atoms with van der Waals surface area (Å²) in [7, 11) is 0. The lowest BCUT2D eigenvalue weighted by atomic mass is 9.96. The Hall–Kier alpha value is -1.79. The predicted molar refractivity (Wildman–Crippen MR) is 75.7 cm³/mol. The van der Waals surface area contributed by atoms with Gasteiger partial charge < -0.3 is 21.1 Å². The molecule has 4 N–H and O–H groups in total. The van der Waals surface area contributed by atoms with E-state index in [1.54, 1.807) is 0 Å². The van der Waals surface area contributed by atoms with Gasteiger partial charge in [0.15, 0.2) is 0 Å². The van der Waals surface area contributed by atoms with E-state index in [1.807, 2.05) is 0 Å². The van der Waals surface area contributed by atoms with Gasteiger partial charge in [-0.2, -0.15) is 0 Å². The summed E-state index contributed by atoms with van der Waals surface area (Å²) in [5.74, 6) is -1.32. The Balaban J connectivity index is 1.73. The Morgan fingerprint density at radius 3 is 2.29 bits per heavy atom. The first kappa shape index (κ1) is 15.6. The van der Waals surface area contributed by atoms with Crippen LogP contribution in [0.3, 0.4) is 0 Å². The van der Waals surface area contributed by atoms with Crippen molar-refractivity contribution in [2.75, 3.05) is 6.54 Å². The van der Waals surface area contributed by atoms with Gasteiger partial charge in [0.1, 0.15) is 5.54 Å². The summed E-state index contributed by atoms with van der Waals surface area (Å²) in [5.41, 5.74) is -1.26. The van der Waals surface area contributed by atoms with Crippen molar-refractivity contribution in [1.29, 1.82) is 0 Å². The molecule has 2 saturated carbocycles. The van der Waals surface area contributed by atoms with Crippen molar-refractivity contribution < 1.29 is 19.5 Å². The highest BCUT2D eigenvalue weighted by Gasteiger charge is 2.48. The van der Waals surface area contributed by atoms with E-state index in [0.29, 0.717) is 0 Å². The van der Waals surface area contributed by atoms with Crippen LogP contribution in [0.4, 0.5) is 4.79 Å². The first-order valence-electron chi connectivity index (χ1n) is 7.50. The summed E-state index contributed by atoms with van der Waals surface area (Å²) in [6.45, 7) is 1.37. The van der Waals surface area contributed by atoms with E-state index in [-0.39, 0.29) is 24.4 Å². The van der Waals surface area contributed by atoms with E-state index in [2.05, 4.69) is 16.0 Å². The molecule has 1 atom stereocenters. The van der Waals surface area contributed by atoms with Crippen LogP contribution in [0.25, 0.3) is 0 Å². The molecule has 0 aromatic rings. The monoisotopic (exact) mass is 297 g/mol. The standard InChI is InChI=1S/C14H23N3O4/c1-14(12(19)20,9-6-7-9)17-13(21)15-8-11(18)16-10-4-2-3-5-10/h9-10H,2-8H2,1H3,(H,16,18)(H,19,20)(H2,15,17,21). The molecule has 1 unspecified atom stereocenters. The Morgan fingerprint density at radius 2 is 1.76 bits per heavy atom. The number of hydrogen-bond acceptors (Lipinski definition) is 3. The number of hydrogen-bond donors (Lipinski definition) is 4. The van der Waals surface area contributed by atoms with Gasteiger partial charge in [-0.1, -0.05) is 12.8 Å². The molecule has 2 aliphatic carbocycles. The number of carbonyl (C=O) groups is 3. The van der Waals surface area contributed by atoms with Crippen molar-refractivity contribution in [2.45, 2.75) is 57.0 Å². The van der Waals surface area contributed by atoms with E-state index < -0.39 is 17.5 Å². The number of carbonyl (C=O) groups excluding carboxylic acids is 2. The van der Waals surface area contributed by atoms with Crippen LogP contribution in [0.2, 0.25) is 0 Å². The highest BCUT2D eigenvalue weighted by molar-refractivity contribution is 5.89. The van der Waals surface area contributed by atoms with Crippen LogP contribution in [0, 0.1) is 5.92 Å². The Morgan fingerprint density at radius 1 is 1.14 bits per heavy atom. The van der Waals surface area contributed by atoms with Gasteiger partial charge in [-0.15, -0.1) is 0 Å². The summed E-state index contributed by atoms with van der Waals surface area (Å²) in [6.07, 6.45) is 5.80. The number of amides is 3. The molecular formula is C14H23N3O4. The Bertz CT molecular complexity index is 430. The Kier molecular flexibility index (Phi) is 4.69. The van der Waals surface area contributed by atoms with E-state index in [0.717, 1.165) is 38.5 Å². The van der Waals surface area contributed by atoms with Gasteiger partial charge in [0.05, 0.1) is 6.54 Å². The minimum atomic E-state index is -1.26. The maximum atomic E-state index is 11.8. The van der Waals surface area contributed by atoms with Gasteiger partial charge in [0.2, 0.25) is 5.91 Å². The number of urea groups is 1. The zero-order valence-corrected chi connectivity index (χ0v) is 12.3. The summed E-state index contributed by atoms with van der Waals surface area (Å²) >= 11 is 0. The molecule has 0 saturated heterocycles. The summed E-state index contributed by atoms with van der Waals surface area (Å²) in [5, 5.41) is 17.0. The van der Waals surface area contributed by atoms with Gasteiger partial charge in [-0.3, -0.25) is 4.79 Å². The van der Waals surface area contributed by atoms with Crippen LogP contribution in [-0.2, 0) is 9.59 Å². The third-order valence-corrected chi connectivity index (χ3v) is 4.34. The third-order valence-electron chi connectivity index (χ3n) is 4.34. The van der Waals surface area contributed by atoms with Crippen molar-refractivity contribution in [3.8, 4) is 0 Å². The number of rotatable bonds is 6. The molecule has 0 spiro atoms. The minimum Gasteiger partial charge on any atom is -0.480 e. The second-order valence-electron chi connectivity index (χ2n) is 6.14. The third kappa shape index (κ3) is 4.09. The first-order valence-corrected chi connectivity index (χ1v) is 7.50. The molecule has 7 nitrogen and oxygen atoms in total. The number of carboxylic acid groups (broad SMARTS) is 1. The van der Waals surface area contributed by atoms with Gasteiger partial charge in [-0.25, -0.2) is 9.59 Å².